The lowest BCUT2D eigenvalue weighted by Gasteiger charge is -2.12. The fourth-order valence-corrected chi connectivity index (χ4v) is 3.03. The van der Waals surface area contributed by atoms with E-state index in [1.807, 2.05) is 0 Å². The average molecular weight is 261 g/mol. The number of β-amino-alcohol motifs (C(OH)–C–C–N with tert-alkyl or cyclic N) is 1. The standard InChI is InChI=1S/C9H11NO6S/c11-6-3-4-10(5-6)17(14,15)8-2-1-7(16-8)9(12)13/h1-2,6,11H,3-5H2,(H,12,13)/t6-/m0/s1. The highest BCUT2D eigenvalue weighted by Crippen LogP contribution is 2.22. The Labute approximate surface area is 97.3 Å². The smallest absolute Gasteiger partial charge is 0.371 e. The Morgan fingerprint density at radius 3 is 2.65 bits per heavy atom. The van der Waals surface area contributed by atoms with Crippen molar-refractivity contribution in [2.24, 2.45) is 0 Å². The van der Waals surface area contributed by atoms with E-state index in [2.05, 4.69) is 0 Å². The van der Waals surface area contributed by atoms with Crippen LogP contribution in [-0.2, 0) is 10.0 Å². The van der Waals surface area contributed by atoms with Gasteiger partial charge in [0.05, 0.1) is 6.10 Å². The van der Waals surface area contributed by atoms with Crippen LogP contribution in [0.1, 0.15) is 17.0 Å². The van der Waals surface area contributed by atoms with Crippen LogP contribution in [0.15, 0.2) is 21.6 Å². The van der Waals surface area contributed by atoms with Crippen molar-refractivity contribution in [3.63, 3.8) is 0 Å². The highest BCUT2D eigenvalue weighted by atomic mass is 32.2. The quantitative estimate of drug-likeness (QED) is 0.775. The van der Waals surface area contributed by atoms with Crippen LogP contribution in [0, 0.1) is 0 Å². The summed E-state index contributed by atoms with van der Waals surface area (Å²) in [4.78, 5) is 10.6. The van der Waals surface area contributed by atoms with Gasteiger partial charge in [0.1, 0.15) is 0 Å². The number of aliphatic hydroxyl groups excluding tert-OH is 1. The highest BCUT2D eigenvalue weighted by molar-refractivity contribution is 7.89. The number of sulfonamides is 1. The van der Waals surface area contributed by atoms with Crippen molar-refractivity contribution in [2.45, 2.75) is 17.6 Å². The van der Waals surface area contributed by atoms with Crippen LogP contribution >= 0.6 is 0 Å². The number of carboxylic acid groups (broad SMARTS) is 1. The van der Waals surface area contributed by atoms with Gasteiger partial charge in [0.25, 0.3) is 10.0 Å². The third-order valence-corrected chi connectivity index (χ3v) is 4.25. The molecule has 1 aromatic rings. The first-order valence-electron chi connectivity index (χ1n) is 4.92. The molecule has 0 unspecified atom stereocenters. The number of nitrogens with zero attached hydrogens (tertiary/aromatic N) is 1. The van der Waals surface area contributed by atoms with Crippen molar-refractivity contribution in [3.05, 3.63) is 17.9 Å². The average Bonchev–Trinajstić information content (AvgIpc) is 2.85. The molecule has 0 aromatic carbocycles. The van der Waals surface area contributed by atoms with Gasteiger partial charge in [0, 0.05) is 13.1 Å². The molecule has 7 nitrogen and oxygen atoms in total. The summed E-state index contributed by atoms with van der Waals surface area (Å²) >= 11 is 0. The van der Waals surface area contributed by atoms with Crippen LogP contribution in [0.25, 0.3) is 0 Å². The number of hydrogen-bond donors (Lipinski definition) is 2. The highest BCUT2D eigenvalue weighted by Gasteiger charge is 2.34. The maximum atomic E-state index is 11.9. The fourth-order valence-electron chi connectivity index (χ4n) is 1.63. The molecule has 0 radical (unpaired) electrons. The summed E-state index contributed by atoms with van der Waals surface area (Å²) in [5.74, 6) is -1.75. The van der Waals surface area contributed by atoms with Gasteiger partial charge in [-0.1, -0.05) is 0 Å². The van der Waals surface area contributed by atoms with E-state index in [9.17, 15) is 18.3 Å². The molecule has 8 heteroatoms. The second kappa shape index (κ2) is 4.13. The summed E-state index contributed by atoms with van der Waals surface area (Å²) in [6.45, 7) is 0.206. The van der Waals surface area contributed by atoms with Crippen molar-refractivity contribution in [1.29, 1.82) is 0 Å². The number of rotatable bonds is 3. The summed E-state index contributed by atoms with van der Waals surface area (Å²) in [6.07, 6.45) is -0.315. The molecule has 1 atom stereocenters. The Kier molecular flexibility index (Phi) is 2.94. The van der Waals surface area contributed by atoms with E-state index in [1.165, 1.54) is 0 Å². The topological polar surface area (TPSA) is 108 Å². The zero-order valence-corrected chi connectivity index (χ0v) is 9.55. The monoisotopic (exact) mass is 261 g/mol. The number of aliphatic hydroxyl groups is 1. The predicted molar refractivity (Wildman–Crippen MR) is 55.0 cm³/mol. The van der Waals surface area contributed by atoms with Gasteiger partial charge in [-0.15, -0.1) is 0 Å². The third kappa shape index (κ3) is 2.19. The van der Waals surface area contributed by atoms with Gasteiger partial charge in [0.2, 0.25) is 10.9 Å². The lowest BCUT2D eigenvalue weighted by atomic mass is 10.3. The molecule has 1 saturated heterocycles. The fraction of sp³-hybridized carbons (Fsp3) is 0.444. The summed E-state index contributed by atoms with van der Waals surface area (Å²) in [6, 6.07) is 2.19. The van der Waals surface area contributed by atoms with E-state index < -0.39 is 32.9 Å². The van der Waals surface area contributed by atoms with E-state index in [4.69, 9.17) is 9.52 Å². The van der Waals surface area contributed by atoms with Crippen molar-refractivity contribution in [2.75, 3.05) is 13.1 Å². The van der Waals surface area contributed by atoms with Gasteiger partial charge in [-0.2, -0.15) is 4.31 Å². The molecule has 1 aliphatic rings. The van der Waals surface area contributed by atoms with Crippen molar-refractivity contribution < 1.29 is 27.8 Å². The molecule has 1 fully saturated rings. The lowest BCUT2D eigenvalue weighted by molar-refractivity contribution is 0.0656. The summed E-state index contributed by atoms with van der Waals surface area (Å²) in [5.41, 5.74) is 0. The van der Waals surface area contributed by atoms with Crippen molar-refractivity contribution >= 4 is 16.0 Å². The molecule has 1 aliphatic heterocycles. The van der Waals surface area contributed by atoms with Crippen LogP contribution in [0.2, 0.25) is 0 Å². The molecule has 0 aliphatic carbocycles. The van der Waals surface area contributed by atoms with Gasteiger partial charge in [-0.3, -0.25) is 0 Å². The number of carboxylic acids is 1. The number of hydrogen-bond acceptors (Lipinski definition) is 5. The van der Waals surface area contributed by atoms with Gasteiger partial charge < -0.3 is 14.6 Å². The molecular formula is C9H11NO6S. The first-order chi connectivity index (χ1) is 7.91. The van der Waals surface area contributed by atoms with Gasteiger partial charge >= 0.3 is 5.97 Å². The first kappa shape index (κ1) is 12.1. The predicted octanol–water partition coefficient (Wildman–Crippen LogP) is -0.267. The third-order valence-electron chi connectivity index (χ3n) is 2.51. The Balaban J connectivity index is 2.28. The van der Waals surface area contributed by atoms with Gasteiger partial charge in [0.15, 0.2) is 0 Å². The molecule has 17 heavy (non-hydrogen) atoms. The minimum atomic E-state index is -3.84. The number of furan rings is 1. The van der Waals surface area contributed by atoms with Gasteiger partial charge in [-0.05, 0) is 18.6 Å². The largest absolute Gasteiger partial charge is 0.475 e. The van der Waals surface area contributed by atoms with Crippen LogP contribution < -0.4 is 0 Å². The summed E-state index contributed by atoms with van der Waals surface area (Å²) in [7, 11) is -3.84. The minimum Gasteiger partial charge on any atom is -0.475 e. The lowest BCUT2D eigenvalue weighted by Crippen LogP contribution is -2.29. The maximum absolute atomic E-state index is 11.9. The molecule has 94 valence electrons. The SMILES string of the molecule is O=C(O)c1ccc(S(=O)(=O)N2CC[C@H](O)C2)o1. The second-order valence-corrected chi connectivity index (χ2v) is 5.60. The van der Waals surface area contributed by atoms with E-state index in [0.29, 0.717) is 6.42 Å². The molecule has 2 rings (SSSR count). The van der Waals surface area contributed by atoms with Crippen molar-refractivity contribution in [3.8, 4) is 0 Å². The van der Waals surface area contributed by atoms with E-state index >= 15 is 0 Å². The van der Waals surface area contributed by atoms with Crippen molar-refractivity contribution in [1.82, 2.24) is 4.31 Å². The molecule has 0 bridgehead atoms. The van der Waals surface area contributed by atoms with E-state index in [1.54, 1.807) is 0 Å². The zero-order valence-electron chi connectivity index (χ0n) is 8.74. The number of carbonyl (C=O) groups is 1. The Morgan fingerprint density at radius 2 is 2.18 bits per heavy atom. The number of aromatic carboxylic acids is 1. The molecular weight excluding hydrogens is 250 g/mol. The zero-order chi connectivity index (χ0) is 12.6. The summed E-state index contributed by atoms with van der Waals surface area (Å²) < 4.78 is 29.7. The van der Waals surface area contributed by atoms with Gasteiger partial charge in [-0.25, -0.2) is 13.2 Å². The van der Waals surface area contributed by atoms with E-state index in [0.717, 1.165) is 16.4 Å². The molecule has 1 aromatic heterocycles. The van der Waals surface area contributed by atoms with E-state index in [-0.39, 0.29) is 13.1 Å². The molecule has 0 amide bonds. The van der Waals surface area contributed by atoms with Crippen LogP contribution in [-0.4, -0.2) is 48.1 Å². The summed E-state index contributed by atoms with van der Waals surface area (Å²) in [5, 5.41) is 17.5. The first-order valence-corrected chi connectivity index (χ1v) is 6.36. The molecule has 0 saturated carbocycles. The molecule has 2 N–H and O–H groups in total. The molecule has 2 heterocycles. The Morgan fingerprint density at radius 1 is 1.47 bits per heavy atom. The normalized spacial score (nSPS) is 21.8. The second-order valence-electron chi connectivity index (χ2n) is 3.73. The minimum absolute atomic E-state index is 0.00539. The van der Waals surface area contributed by atoms with Crippen LogP contribution in [0.3, 0.4) is 0 Å². The van der Waals surface area contributed by atoms with Crippen LogP contribution in [0.4, 0.5) is 0 Å². The molecule has 0 spiro atoms. The Hall–Kier alpha value is -1.38. The maximum Gasteiger partial charge on any atom is 0.371 e. The Bertz CT molecular complexity index is 533. The van der Waals surface area contributed by atoms with Crippen LogP contribution in [0.5, 0.6) is 0 Å².